The second-order valence-corrected chi connectivity index (χ2v) is 4.68. The molecular formula is C20H18FNO3. The molecule has 128 valence electrons. The lowest BCUT2D eigenvalue weighted by atomic mass is 10.2. The third-order valence-corrected chi connectivity index (χ3v) is 2.84. The Bertz CT molecular complexity index is 751. The summed E-state index contributed by atoms with van der Waals surface area (Å²) in [5.74, 6) is -0.687. The Hall–Kier alpha value is -3.47. The summed E-state index contributed by atoms with van der Waals surface area (Å²) in [4.78, 5) is 20.5. The normalized spacial score (nSPS) is 8.84. The Morgan fingerprint density at radius 2 is 1.12 bits per heavy atom. The molecule has 0 radical (unpaired) electrons. The summed E-state index contributed by atoms with van der Waals surface area (Å²) in [6, 6.07) is 24.6. The Morgan fingerprint density at radius 3 is 1.44 bits per heavy atom. The molecule has 0 fully saturated rings. The number of phenols is 1. The van der Waals surface area contributed by atoms with Crippen LogP contribution >= 0.6 is 0 Å². The summed E-state index contributed by atoms with van der Waals surface area (Å²) in [5.41, 5.74) is 5.18. The maximum absolute atomic E-state index is 11.8. The van der Waals surface area contributed by atoms with Crippen molar-refractivity contribution in [3.8, 4) is 5.75 Å². The molecule has 0 heterocycles. The van der Waals surface area contributed by atoms with Crippen molar-refractivity contribution < 1.29 is 19.1 Å². The predicted octanol–water partition coefficient (Wildman–Crippen LogP) is 3.97. The van der Waals surface area contributed by atoms with Gasteiger partial charge in [0.05, 0.1) is 11.1 Å². The molecule has 0 aliphatic rings. The molecule has 3 rings (SSSR count). The van der Waals surface area contributed by atoms with Crippen LogP contribution in [0.1, 0.15) is 20.7 Å². The smallest absolute Gasteiger partial charge is 0.332 e. The van der Waals surface area contributed by atoms with Gasteiger partial charge < -0.3 is 10.8 Å². The molecule has 0 unspecified atom stereocenters. The third kappa shape index (κ3) is 8.08. The second kappa shape index (κ2) is 11.1. The van der Waals surface area contributed by atoms with Gasteiger partial charge in [-0.15, -0.1) is 0 Å². The highest BCUT2D eigenvalue weighted by Gasteiger charge is 2.03. The van der Waals surface area contributed by atoms with E-state index >= 15 is 0 Å². The van der Waals surface area contributed by atoms with Crippen LogP contribution < -0.4 is 5.73 Å². The fourth-order valence-electron chi connectivity index (χ4n) is 1.64. The van der Waals surface area contributed by atoms with E-state index in [9.17, 15) is 14.0 Å². The lowest BCUT2D eigenvalue weighted by Gasteiger charge is -1.96. The number of primary amides is 1. The minimum atomic E-state index is -1.38. The van der Waals surface area contributed by atoms with Gasteiger partial charge in [0.2, 0.25) is 0 Å². The average Bonchev–Trinajstić information content (AvgIpc) is 2.65. The van der Waals surface area contributed by atoms with Crippen molar-refractivity contribution in [1.29, 1.82) is 0 Å². The molecule has 3 aromatic rings. The lowest BCUT2D eigenvalue weighted by Crippen LogP contribution is -2.10. The van der Waals surface area contributed by atoms with Gasteiger partial charge in [0.25, 0.3) is 5.91 Å². The summed E-state index contributed by atoms with van der Waals surface area (Å²) in [6.45, 7) is 0. The molecule has 0 aliphatic carbocycles. The molecule has 0 saturated heterocycles. The number of nitrogens with two attached hydrogens (primary N) is 1. The largest absolute Gasteiger partial charge is 0.507 e. The Kier molecular flexibility index (Phi) is 8.71. The van der Waals surface area contributed by atoms with Gasteiger partial charge in [-0.05, 0) is 24.3 Å². The number of benzene rings is 3. The highest BCUT2D eigenvalue weighted by molar-refractivity contribution is 5.95. The van der Waals surface area contributed by atoms with Crippen LogP contribution in [-0.2, 0) is 0 Å². The van der Waals surface area contributed by atoms with Crippen LogP contribution in [0, 0.1) is 0 Å². The van der Waals surface area contributed by atoms with Gasteiger partial charge in [0, 0.05) is 0 Å². The van der Waals surface area contributed by atoms with Gasteiger partial charge in [0.1, 0.15) is 5.75 Å². The zero-order valence-corrected chi connectivity index (χ0v) is 13.4. The van der Waals surface area contributed by atoms with Crippen LogP contribution in [0.3, 0.4) is 0 Å². The van der Waals surface area contributed by atoms with Crippen LogP contribution in [0.4, 0.5) is 4.39 Å². The number of halogens is 1. The highest BCUT2D eigenvalue weighted by atomic mass is 19.1. The lowest BCUT2D eigenvalue weighted by molar-refractivity contribution is 0.0835. The van der Waals surface area contributed by atoms with Gasteiger partial charge in [-0.1, -0.05) is 66.7 Å². The molecule has 25 heavy (non-hydrogen) atoms. The minimum absolute atomic E-state index is 0.0741. The van der Waals surface area contributed by atoms with Crippen LogP contribution in [0.2, 0.25) is 0 Å². The number of amides is 1. The summed E-state index contributed by atoms with van der Waals surface area (Å²) >= 11 is 0. The number of carbonyl (C=O) groups excluding carboxylic acids is 2. The maximum atomic E-state index is 11.8. The summed E-state index contributed by atoms with van der Waals surface area (Å²) in [7, 11) is 0. The molecule has 0 aliphatic heterocycles. The summed E-state index contributed by atoms with van der Waals surface area (Å²) in [5, 5.41) is 8.98. The molecule has 5 heteroatoms. The van der Waals surface area contributed by atoms with Crippen molar-refractivity contribution in [3.05, 3.63) is 102 Å². The van der Waals surface area contributed by atoms with Crippen LogP contribution in [0.25, 0.3) is 0 Å². The van der Waals surface area contributed by atoms with Gasteiger partial charge in [0.15, 0.2) is 0 Å². The third-order valence-electron chi connectivity index (χ3n) is 2.84. The zero-order valence-electron chi connectivity index (χ0n) is 13.4. The second-order valence-electron chi connectivity index (χ2n) is 4.68. The van der Waals surface area contributed by atoms with E-state index in [1.807, 2.05) is 36.4 Å². The van der Waals surface area contributed by atoms with E-state index in [1.54, 1.807) is 30.3 Å². The highest BCUT2D eigenvalue weighted by Crippen LogP contribution is 2.13. The molecule has 3 aromatic carbocycles. The first kappa shape index (κ1) is 19.6. The maximum Gasteiger partial charge on any atom is 0.332 e. The van der Waals surface area contributed by atoms with Crippen molar-refractivity contribution in [2.45, 2.75) is 0 Å². The number of hydrogen-bond donors (Lipinski definition) is 2. The Morgan fingerprint density at radius 1 is 0.720 bits per heavy atom. The van der Waals surface area contributed by atoms with Crippen molar-refractivity contribution in [2.75, 3.05) is 0 Å². The summed E-state index contributed by atoms with van der Waals surface area (Å²) < 4.78 is 11.8. The quantitative estimate of drug-likeness (QED) is 0.693. The summed E-state index contributed by atoms with van der Waals surface area (Å²) in [6.07, 6.45) is 0. The molecule has 4 nitrogen and oxygen atoms in total. The number of para-hydroxylation sites is 1. The van der Waals surface area contributed by atoms with E-state index in [-0.39, 0.29) is 16.9 Å². The molecule has 0 bridgehead atoms. The topological polar surface area (TPSA) is 80.4 Å². The van der Waals surface area contributed by atoms with Gasteiger partial charge in [-0.25, -0.2) is 0 Å². The fourth-order valence-corrected chi connectivity index (χ4v) is 1.64. The van der Waals surface area contributed by atoms with Crippen LogP contribution in [0.15, 0.2) is 91.0 Å². The molecule has 3 N–H and O–H groups in total. The first-order valence-corrected chi connectivity index (χ1v) is 7.35. The standard InChI is InChI=1S/C7H5FO.C7H7NO2.C6H6/c8-7(9)6-4-2-1-3-5-6;8-7(10)5-3-1-2-4-6(5)9;1-2-4-6-5-3-1/h1-5H;1-4,9H,(H2,8,10);1-6H. The Balaban J connectivity index is 0.000000193. The average molecular weight is 339 g/mol. The number of hydrogen-bond acceptors (Lipinski definition) is 3. The van der Waals surface area contributed by atoms with Gasteiger partial charge in [-0.3, -0.25) is 9.59 Å². The van der Waals surface area contributed by atoms with Gasteiger partial charge >= 0.3 is 6.04 Å². The number of rotatable bonds is 2. The number of carbonyl (C=O) groups is 2. The van der Waals surface area contributed by atoms with E-state index in [2.05, 4.69) is 0 Å². The van der Waals surface area contributed by atoms with E-state index < -0.39 is 11.9 Å². The van der Waals surface area contributed by atoms with Crippen molar-refractivity contribution in [3.63, 3.8) is 0 Å². The SMILES string of the molecule is NC(=O)c1ccccc1O.O=C(F)c1ccccc1.c1ccccc1. The van der Waals surface area contributed by atoms with E-state index in [0.29, 0.717) is 0 Å². The van der Waals surface area contributed by atoms with Gasteiger partial charge in [-0.2, -0.15) is 4.39 Å². The zero-order chi connectivity index (χ0) is 18.5. The first-order valence-electron chi connectivity index (χ1n) is 7.35. The predicted molar refractivity (Wildman–Crippen MR) is 94.9 cm³/mol. The van der Waals surface area contributed by atoms with E-state index in [1.165, 1.54) is 24.3 Å². The molecule has 0 spiro atoms. The molecule has 0 aromatic heterocycles. The Labute approximate surface area is 145 Å². The fraction of sp³-hybridized carbons (Fsp3) is 0. The molecule has 0 saturated carbocycles. The van der Waals surface area contributed by atoms with E-state index in [4.69, 9.17) is 10.8 Å². The van der Waals surface area contributed by atoms with E-state index in [0.717, 1.165) is 0 Å². The molecule has 0 atom stereocenters. The molecule has 1 amide bonds. The number of aromatic hydroxyl groups is 1. The van der Waals surface area contributed by atoms with Crippen LogP contribution in [0.5, 0.6) is 5.75 Å². The van der Waals surface area contributed by atoms with Crippen LogP contribution in [-0.4, -0.2) is 17.1 Å². The van der Waals surface area contributed by atoms with Crippen molar-refractivity contribution >= 4 is 11.9 Å². The first-order chi connectivity index (χ1) is 12.0. The van der Waals surface area contributed by atoms with Crippen molar-refractivity contribution in [1.82, 2.24) is 0 Å². The monoisotopic (exact) mass is 339 g/mol. The van der Waals surface area contributed by atoms with Crippen molar-refractivity contribution in [2.24, 2.45) is 5.73 Å². The minimum Gasteiger partial charge on any atom is -0.507 e. The molecular weight excluding hydrogens is 321 g/mol.